The topological polar surface area (TPSA) is 49.6 Å². The van der Waals surface area contributed by atoms with Crippen molar-refractivity contribution in [2.24, 2.45) is 5.41 Å². The van der Waals surface area contributed by atoms with E-state index < -0.39 is 0 Å². The fraction of sp³-hybridized carbons (Fsp3) is 0.583. The van der Waals surface area contributed by atoms with Crippen LogP contribution in [0.5, 0.6) is 0 Å². The second-order valence-electron chi connectivity index (χ2n) is 4.43. The molecule has 0 spiro atoms. The van der Waals surface area contributed by atoms with E-state index in [1.165, 1.54) is 0 Å². The third-order valence-corrected chi connectivity index (χ3v) is 3.20. The highest BCUT2D eigenvalue weighted by Gasteiger charge is 2.15. The number of hydrogen-bond acceptors (Lipinski definition) is 4. The Morgan fingerprint density at radius 1 is 1.50 bits per heavy atom. The highest BCUT2D eigenvalue weighted by Crippen LogP contribution is 2.23. The molecule has 1 rings (SSSR count). The van der Waals surface area contributed by atoms with Crippen LogP contribution < -0.4 is 0 Å². The molecule has 0 aliphatic rings. The number of nitriles is 1. The molecule has 0 N–H and O–H groups in total. The lowest BCUT2D eigenvalue weighted by Crippen LogP contribution is -2.07. The van der Waals surface area contributed by atoms with Crippen molar-refractivity contribution in [2.75, 3.05) is 5.75 Å². The highest BCUT2D eigenvalue weighted by molar-refractivity contribution is 7.99. The van der Waals surface area contributed by atoms with Crippen LogP contribution >= 0.6 is 11.8 Å². The largest absolute Gasteiger partial charge is 0.231 e. The van der Waals surface area contributed by atoms with Gasteiger partial charge < -0.3 is 0 Å². The van der Waals surface area contributed by atoms with Gasteiger partial charge in [-0.15, -0.1) is 0 Å². The molecular weight excluding hydrogens is 218 g/mol. The number of hydrogen-bond donors (Lipinski definition) is 0. The van der Waals surface area contributed by atoms with Gasteiger partial charge >= 0.3 is 0 Å². The van der Waals surface area contributed by atoms with Crippen LogP contribution in [-0.4, -0.2) is 15.7 Å². The molecule has 1 heterocycles. The maximum atomic E-state index is 8.87. The molecule has 86 valence electrons. The van der Waals surface area contributed by atoms with Crippen molar-refractivity contribution in [3.05, 3.63) is 18.0 Å². The Bertz CT molecular complexity index is 382. The molecule has 0 aromatic carbocycles. The summed E-state index contributed by atoms with van der Waals surface area (Å²) in [6.45, 7) is 5.91. The number of aryl methyl sites for hydroxylation is 1. The van der Waals surface area contributed by atoms with Crippen LogP contribution in [0.3, 0.4) is 0 Å². The minimum Gasteiger partial charge on any atom is -0.231 e. The van der Waals surface area contributed by atoms with Crippen molar-refractivity contribution < 1.29 is 0 Å². The molecule has 1 aromatic rings. The number of nitrogens with zero attached hydrogens (tertiary/aromatic N) is 3. The molecule has 0 unspecified atom stereocenters. The molecule has 16 heavy (non-hydrogen) atoms. The number of rotatable bonds is 5. The van der Waals surface area contributed by atoms with E-state index in [1.54, 1.807) is 18.0 Å². The van der Waals surface area contributed by atoms with Crippen LogP contribution in [0.25, 0.3) is 0 Å². The molecule has 0 bridgehead atoms. The van der Waals surface area contributed by atoms with E-state index in [4.69, 9.17) is 5.26 Å². The Morgan fingerprint density at radius 2 is 2.25 bits per heavy atom. The Kier molecular flexibility index (Phi) is 4.75. The maximum absolute atomic E-state index is 8.87. The molecule has 0 aliphatic carbocycles. The van der Waals surface area contributed by atoms with Gasteiger partial charge in [-0.1, -0.05) is 11.8 Å². The van der Waals surface area contributed by atoms with Crippen LogP contribution in [0.4, 0.5) is 0 Å². The van der Waals surface area contributed by atoms with Gasteiger partial charge in [0, 0.05) is 17.6 Å². The van der Waals surface area contributed by atoms with Gasteiger partial charge in [0.2, 0.25) is 0 Å². The summed E-state index contributed by atoms with van der Waals surface area (Å²) in [4.78, 5) is 8.49. The lowest BCUT2D eigenvalue weighted by atomic mass is 9.90. The summed E-state index contributed by atoms with van der Waals surface area (Å²) in [5.41, 5.74) is 0.781. The first-order valence-electron chi connectivity index (χ1n) is 5.37. The molecular formula is C12H17N3S. The van der Waals surface area contributed by atoms with Crippen LogP contribution in [0.15, 0.2) is 17.4 Å². The highest BCUT2D eigenvalue weighted by atomic mass is 32.2. The van der Waals surface area contributed by atoms with Gasteiger partial charge in [-0.05, 0) is 39.7 Å². The van der Waals surface area contributed by atoms with Crippen LogP contribution in [0.1, 0.15) is 32.4 Å². The van der Waals surface area contributed by atoms with Crippen LogP contribution in [0, 0.1) is 23.7 Å². The van der Waals surface area contributed by atoms with E-state index in [0.717, 1.165) is 29.4 Å². The molecule has 3 nitrogen and oxygen atoms in total. The summed E-state index contributed by atoms with van der Waals surface area (Å²) in [6.07, 6.45) is 3.72. The van der Waals surface area contributed by atoms with Crippen molar-refractivity contribution >= 4 is 11.8 Å². The lowest BCUT2D eigenvalue weighted by Gasteiger charge is -2.13. The van der Waals surface area contributed by atoms with Gasteiger partial charge in [0.1, 0.15) is 0 Å². The van der Waals surface area contributed by atoms with Crippen molar-refractivity contribution in [2.45, 2.75) is 38.8 Å². The molecule has 0 saturated heterocycles. The second kappa shape index (κ2) is 5.86. The minimum absolute atomic E-state index is 0.214. The molecule has 0 fully saturated rings. The summed E-state index contributed by atoms with van der Waals surface area (Å²) < 4.78 is 0. The zero-order valence-electron chi connectivity index (χ0n) is 10.0. The van der Waals surface area contributed by atoms with Gasteiger partial charge in [0.05, 0.1) is 11.5 Å². The first kappa shape index (κ1) is 13.0. The molecule has 0 radical (unpaired) electrons. The van der Waals surface area contributed by atoms with Crippen molar-refractivity contribution in [1.29, 1.82) is 5.26 Å². The van der Waals surface area contributed by atoms with Gasteiger partial charge in [0.15, 0.2) is 5.16 Å². The normalized spacial score (nSPS) is 11.1. The molecule has 4 heteroatoms. The third kappa shape index (κ3) is 4.63. The quantitative estimate of drug-likeness (QED) is 0.447. The fourth-order valence-electron chi connectivity index (χ4n) is 1.23. The van der Waals surface area contributed by atoms with Crippen molar-refractivity contribution in [3.8, 4) is 6.07 Å². The summed E-state index contributed by atoms with van der Waals surface area (Å²) in [5.74, 6) is 0.967. The van der Waals surface area contributed by atoms with Gasteiger partial charge in [-0.3, -0.25) is 0 Å². The lowest BCUT2D eigenvalue weighted by molar-refractivity contribution is 0.447. The summed E-state index contributed by atoms with van der Waals surface area (Å²) in [7, 11) is 0. The fourth-order valence-corrected chi connectivity index (χ4v) is 2.04. The molecule has 0 saturated carbocycles. The third-order valence-electron chi connectivity index (χ3n) is 2.25. The first-order chi connectivity index (χ1) is 7.53. The summed E-state index contributed by atoms with van der Waals surface area (Å²) >= 11 is 1.65. The molecule has 1 aromatic heterocycles. The Morgan fingerprint density at radius 3 is 2.88 bits per heavy atom. The molecule has 0 amide bonds. The van der Waals surface area contributed by atoms with E-state index in [9.17, 15) is 0 Å². The van der Waals surface area contributed by atoms with E-state index in [2.05, 4.69) is 16.0 Å². The van der Waals surface area contributed by atoms with E-state index in [-0.39, 0.29) is 5.41 Å². The summed E-state index contributed by atoms with van der Waals surface area (Å²) in [6, 6.07) is 4.20. The molecule has 0 atom stereocenters. The predicted octanol–water partition coefficient (Wildman–Crippen LogP) is 3.21. The maximum Gasteiger partial charge on any atom is 0.187 e. The van der Waals surface area contributed by atoms with E-state index in [0.29, 0.717) is 0 Å². The van der Waals surface area contributed by atoms with Gasteiger partial charge in [-0.2, -0.15) is 5.26 Å². The zero-order valence-corrected chi connectivity index (χ0v) is 10.8. The number of aromatic nitrogens is 2. The molecule has 0 aliphatic heterocycles. The van der Waals surface area contributed by atoms with Crippen molar-refractivity contribution in [3.63, 3.8) is 0 Å². The predicted molar refractivity (Wildman–Crippen MR) is 66.1 cm³/mol. The standard InChI is InChI=1S/C12H17N3S/c1-10-5-7-14-11(15-10)16-8-4-6-12(2,3)9-13/h5,7H,4,6,8H2,1-3H3. The van der Waals surface area contributed by atoms with Crippen molar-refractivity contribution in [1.82, 2.24) is 9.97 Å². The Hall–Kier alpha value is -1.08. The van der Waals surface area contributed by atoms with Gasteiger partial charge in [-0.25, -0.2) is 9.97 Å². The number of thioether (sulfide) groups is 1. The smallest absolute Gasteiger partial charge is 0.187 e. The second-order valence-corrected chi connectivity index (χ2v) is 5.49. The van der Waals surface area contributed by atoms with E-state index in [1.807, 2.05) is 26.8 Å². The Labute approximate surface area is 101 Å². The van der Waals surface area contributed by atoms with E-state index >= 15 is 0 Å². The SMILES string of the molecule is Cc1ccnc(SCCCC(C)(C)C#N)n1. The monoisotopic (exact) mass is 235 g/mol. The summed E-state index contributed by atoms with van der Waals surface area (Å²) in [5, 5.41) is 9.69. The average molecular weight is 235 g/mol. The van der Waals surface area contributed by atoms with Crippen LogP contribution in [-0.2, 0) is 0 Å². The minimum atomic E-state index is -0.214. The first-order valence-corrected chi connectivity index (χ1v) is 6.36. The Balaban J connectivity index is 2.29. The van der Waals surface area contributed by atoms with Crippen LogP contribution in [0.2, 0.25) is 0 Å². The zero-order chi connectivity index (χ0) is 12.0. The van der Waals surface area contributed by atoms with Gasteiger partial charge in [0.25, 0.3) is 0 Å². The average Bonchev–Trinajstić information content (AvgIpc) is 2.25.